The lowest BCUT2D eigenvalue weighted by atomic mass is 9.82. The van der Waals surface area contributed by atoms with Crippen LogP contribution < -0.4 is 10.6 Å². The van der Waals surface area contributed by atoms with Crippen LogP contribution in [0.2, 0.25) is 0 Å². The Balaban J connectivity index is 2.23. The second kappa shape index (κ2) is 4.52. The molecule has 0 aliphatic carbocycles. The summed E-state index contributed by atoms with van der Waals surface area (Å²) in [5.74, 6) is -0.909. The van der Waals surface area contributed by atoms with E-state index in [0.717, 1.165) is 31.6 Å². The second-order valence-electron chi connectivity index (χ2n) is 5.73. The van der Waals surface area contributed by atoms with Gasteiger partial charge in [-0.3, -0.25) is 0 Å². The summed E-state index contributed by atoms with van der Waals surface area (Å²) in [6.07, 6.45) is 2.20. The highest BCUT2D eigenvalue weighted by Gasteiger charge is 2.26. The largest absolute Gasteiger partial charge is 0.478 e. The molecule has 0 radical (unpaired) electrons. The van der Waals surface area contributed by atoms with Gasteiger partial charge in [0.15, 0.2) is 0 Å². The van der Waals surface area contributed by atoms with E-state index in [1.54, 1.807) is 18.2 Å². The number of nitrogen functional groups attached to an aromatic ring is 1. The highest BCUT2D eigenvalue weighted by atomic mass is 16.4. The van der Waals surface area contributed by atoms with Gasteiger partial charge in [0.05, 0.1) is 16.9 Å². The Hall–Kier alpha value is -1.71. The SMILES string of the molecule is CC1(C)CCN(c2cc(C(=O)O)ccc2N)CC1. The monoisotopic (exact) mass is 248 g/mol. The quantitative estimate of drug-likeness (QED) is 0.789. The van der Waals surface area contributed by atoms with Gasteiger partial charge in [-0.15, -0.1) is 0 Å². The number of hydrogen-bond donors (Lipinski definition) is 2. The van der Waals surface area contributed by atoms with Gasteiger partial charge in [0.1, 0.15) is 0 Å². The fraction of sp³-hybridized carbons (Fsp3) is 0.500. The molecule has 1 aromatic rings. The number of carbonyl (C=O) groups is 1. The minimum absolute atomic E-state index is 0.295. The first-order chi connectivity index (χ1) is 8.39. The van der Waals surface area contributed by atoms with Crippen molar-refractivity contribution in [3.63, 3.8) is 0 Å². The number of benzene rings is 1. The molecule has 0 amide bonds. The van der Waals surface area contributed by atoms with E-state index in [1.807, 2.05) is 0 Å². The van der Waals surface area contributed by atoms with Crippen LogP contribution in [0.4, 0.5) is 11.4 Å². The van der Waals surface area contributed by atoms with Crippen LogP contribution >= 0.6 is 0 Å². The van der Waals surface area contributed by atoms with Gasteiger partial charge in [-0.25, -0.2) is 4.79 Å². The average molecular weight is 248 g/mol. The summed E-state index contributed by atoms with van der Waals surface area (Å²) in [7, 11) is 0. The third kappa shape index (κ3) is 2.58. The van der Waals surface area contributed by atoms with Gasteiger partial charge >= 0.3 is 5.97 Å². The number of carboxylic acid groups (broad SMARTS) is 1. The van der Waals surface area contributed by atoms with Crippen molar-refractivity contribution >= 4 is 17.3 Å². The van der Waals surface area contributed by atoms with E-state index in [2.05, 4.69) is 18.7 Å². The molecule has 0 bridgehead atoms. The summed E-state index contributed by atoms with van der Waals surface area (Å²) in [6.45, 7) is 6.39. The van der Waals surface area contributed by atoms with Crippen molar-refractivity contribution in [2.45, 2.75) is 26.7 Å². The molecule has 0 unspecified atom stereocenters. The normalized spacial score (nSPS) is 18.7. The molecule has 3 N–H and O–H groups in total. The third-order valence-electron chi connectivity index (χ3n) is 3.74. The molecule has 4 heteroatoms. The average Bonchev–Trinajstić information content (AvgIpc) is 2.30. The van der Waals surface area contributed by atoms with Gasteiger partial charge in [-0.05, 0) is 36.5 Å². The van der Waals surface area contributed by atoms with Crippen molar-refractivity contribution < 1.29 is 9.90 Å². The Morgan fingerprint density at radius 1 is 1.33 bits per heavy atom. The molecule has 0 spiro atoms. The van der Waals surface area contributed by atoms with Crippen molar-refractivity contribution in [1.82, 2.24) is 0 Å². The maximum absolute atomic E-state index is 11.0. The van der Waals surface area contributed by atoms with Crippen molar-refractivity contribution in [2.24, 2.45) is 5.41 Å². The van der Waals surface area contributed by atoms with Crippen LogP contribution in [-0.4, -0.2) is 24.2 Å². The number of carboxylic acids is 1. The van der Waals surface area contributed by atoms with E-state index in [9.17, 15) is 4.79 Å². The van der Waals surface area contributed by atoms with Crippen molar-refractivity contribution in [2.75, 3.05) is 23.7 Å². The molecule has 1 heterocycles. The van der Waals surface area contributed by atoms with Crippen LogP contribution in [0.5, 0.6) is 0 Å². The predicted molar refractivity (Wildman–Crippen MR) is 73.0 cm³/mol. The topological polar surface area (TPSA) is 66.6 Å². The first kappa shape index (κ1) is 12.7. The molecule has 2 rings (SSSR count). The lowest BCUT2D eigenvalue weighted by Gasteiger charge is -2.38. The highest BCUT2D eigenvalue weighted by Crippen LogP contribution is 2.34. The van der Waals surface area contributed by atoms with Crippen molar-refractivity contribution in [1.29, 1.82) is 0 Å². The zero-order valence-electron chi connectivity index (χ0n) is 10.9. The van der Waals surface area contributed by atoms with Crippen LogP contribution in [0.3, 0.4) is 0 Å². The summed E-state index contributed by atoms with van der Waals surface area (Å²) < 4.78 is 0. The van der Waals surface area contributed by atoms with E-state index in [1.165, 1.54) is 0 Å². The maximum Gasteiger partial charge on any atom is 0.335 e. The molecule has 0 saturated carbocycles. The number of aromatic carboxylic acids is 1. The third-order valence-corrected chi connectivity index (χ3v) is 3.74. The van der Waals surface area contributed by atoms with Gasteiger partial charge in [0, 0.05) is 13.1 Å². The molecule has 0 aromatic heterocycles. The number of nitrogens with two attached hydrogens (primary N) is 1. The molecular formula is C14H20N2O2. The number of anilines is 2. The maximum atomic E-state index is 11.0. The smallest absolute Gasteiger partial charge is 0.335 e. The highest BCUT2D eigenvalue weighted by molar-refractivity contribution is 5.90. The number of rotatable bonds is 2. The van der Waals surface area contributed by atoms with Gasteiger partial charge in [-0.1, -0.05) is 13.8 Å². The van der Waals surface area contributed by atoms with Crippen LogP contribution in [0.15, 0.2) is 18.2 Å². The Kier molecular flexibility index (Phi) is 3.20. The summed E-state index contributed by atoms with van der Waals surface area (Å²) >= 11 is 0. The Morgan fingerprint density at radius 3 is 2.50 bits per heavy atom. The molecule has 98 valence electrons. The Labute approximate surface area is 107 Å². The Bertz CT molecular complexity index is 459. The zero-order valence-corrected chi connectivity index (χ0v) is 10.9. The van der Waals surface area contributed by atoms with Crippen LogP contribution in [-0.2, 0) is 0 Å². The number of piperidine rings is 1. The van der Waals surface area contributed by atoms with Crippen LogP contribution in [0.1, 0.15) is 37.0 Å². The first-order valence-electron chi connectivity index (χ1n) is 6.27. The first-order valence-corrected chi connectivity index (χ1v) is 6.27. The summed E-state index contributed by atoms with van der Waals surface area (Å²) in [6, 6.07) is 4.91. The molecule has 1 saturated heterocycles. The minimum atomic E-state index is -0.909. The van der Waals surface area contributed by atoms with E-state index < -0.39 is 5.97 Å². The van der Waals surface area contributed by atoms with E-state index in [4.69, 9.17) is 10.8 Å². The molecule has 1 aromatic carbocycles. The summed E-state index contributed by atoms with van der Waals surface area (Å²) in [4.78, 5) is 13.2. The molecule has 1 aliphatic rings. The van der Waals surface area contributed by atoms with Gasteiger partial charge in [-0.2, -0.15) is 0 Å². The number of hydrogen-bond acceptors (Lipinski definition) is 3. The van der Waals surface area contributed by atoms with E-state index >= 15 is 0 Å². The standard InChI is InChI=1S/C14H20N2O2/c1-14(2)5-7-16(8-6-14)12-9-10(13(17)18)3-4-11(12)15/h3-4,9H,5-8,15H2,1-2H3,(H,17,18). The summed E-state index contributed by atoms with van der Waals surface area (Å²) in [5, 5.41) is 9.02. The lowest BCUT2D eigenvalue weighted by Crippen LogP contribution is -2.37. The van der Waals surface area contributed by atoms with E-state index in [-0.39, 0.29) is 0 Å². The molecule has 1 aliphatic heterocycles. The Morgan fingerprint density at radius 2 is 1.94 bits per heavy atom. The van der Waals surface area contributed by atoms with Crippen LogP contribution in [0, 0.1) is 5.41 Å². The van der Waals surface area contributed by atoms with Crippen molar-refractivity contribution in [3.05, 3.63) is 23.8 Å². The van der Waals surface area contributed by atoms with Gasteiger partial charge < -0.3 is 15.7 Å². The molecule has 18 heavy (non-hydrogen) atoms. The second-order valence-corrected chi connectivity index (χ2v) is 5.73. The van der Waals surface area contributed by atoms with Gasteiger partial charge in [0.25, 0.3) is 0 Å². The zero-order chi connectivity index (χ0) is 13.3. The number of nitrogens with zero attached hydrogens (tertiary/aromatic N) is 1. The molecule has 1 fully saturated rings. The fourth-order valence-electron chi connectivity index (χ4n) is 2.30. The minimum Gasteiger partial charge on any atom is -0.478 e. The molecular weight excluding hydrogens is 228 g/mol. The van der Waals surface area contributed by atoms with Gasteiger partial charge in [0.2, 0.25) is 0 Å². The van der Waals surface area contributed by atoms with Crippen molar-refractivity contribution in [3.8, 4) is 0 Å². The fourth-order valence-corrected chi connectivity index (χ4v) is 2.30. The van der Waals surface area contributed by atoms with E-state index in [0.29, 0.717) is 16.7 Å². The summed E-state index contributed by atoms with van der Waals surface area (Å²) in [5.41, 5.74) is 8.12. The van der Waals surface area contributed by atoms with Crippen LogP contribution in [0.25, 0.3) is 0 Å². The molecule has 4 nitrogen and oxygen atoms in total. The lowest BCUT2D eigenvalue weighted by molar-refractivity contribution is 0.0697. The predicted octanol–water partition coefficient (Wildman–Crippen LogP) is 2.59. The molecule has 0 atom stereocenters.